The number of carbonyl (C=O) groups excluding carboxylic acids is 1. The molecule has 1 aliphatic rings. The molecule has 1 fully saturated rings. The Bertz CT molecular complexity index is 485. The van der Waals surface area contributed by atoms with Gasteiger partial charge in [-0.3, -0.25) is 4.79 Å². The Morgan fingerprint density at radius 2 is 1.91 bits per heavy atom. The van der Waals surface area contributed by atoms with Gasteiger partial charge in [0.2, 0.25) is 0 Å². The molecule has 1 aromatic carbocycles. The second kappa shape index (κ2) is 8.61. The fraction of sp³-hybridized carbons (Fsp3) is 0.562. The van der Waals surface area contributed by atoms with Crippen LogP contribution in [0.1, 0.15) is 26.2 Å². The van der Waals surface area contributed by atoms with Crippen LogP contribution >= 0.6 is 23.2 Å². The quantitative estimate of drug-likeness (QED) is 0.860. The lowest BCUT2D eigenvalue weighted by Gasteiger charge is -2.34. The molecule has 0 aromatic heterocycles. The van der Waals surface area contributed by atoms with Crippen molar-refractivity contribution >= 4 is 29.1 Å². The van der Waals surface area contributed by atoms with E-state index < -0.39 is 0 Å². The highest BCUT2D eigenvalue weighted by Gasteiger charge is 2.24. The maximum atomic E-state index is 12.5. The number of piperidine rings is 1. The van der Waals surface area contributed by atoms with Crippen LogP contribution in [0, 0.1) is 0 Å². The van der Waals surface area contributed by atoms with Crippen molar-refractivity contribution < 1.29 is 9.53 Å². The Hall–Kier alpha value is -0.970. The van der Waals surface area contributed by atoms with Crippen LogP contribution in [0.15, 0.2) is 18.2 Å². The predicted octanol–water partition coefficient (Wildman–Crippen LogP) is 3.36. The maximum Gasteiger partial charge on any atom is 0.260 e. The van der Waals surface area contributed by atoms with Crippen LogP contribution < -0.4 is 10.1 Å². The Labute approximate surface area is 141 Å². The number of ether oxygens (including phenoxy) is 1. The summed E-state index contributed by atoms with van der Waals surface area (Å²) in [6.45, 7) is 4.79. The van der Waals surface area contributed by atoms with Gasteiger partial charge < -0.3 is 15.0 Å². The first-order valence-electron chi connectivity index (χ1n) is 7.69. The van der Waals surface area contributed by atoms with Gasteiger partial charge in [-0.05, 0) is 50.6 Å². The van der Waals surface area contributed by atoms with Crippen molar-refractivity contribution in [3.05, 3.63) is 28.2 Å². The molecule has 1 heterocycles. The van der Waals surface area contributed by atoms with E-state index in [9.17, 15) is 4.79 Å². The zero-order chi connectivity index (χ0) is 15.9. The third kappa shape index (κ3) is 5.04. The van der Waals surface area contributed by atoms with Gasteiger partial charge in [0.1, 0.15) is 5.75 Å². The molecule has 0 atom stereocenters. The van der Waals surface area contributed by atoms with Gasteiger partial charge in [-0.2, -0.15) is 0 Å². The summed E-state index contributed by atoms with van der Waals surface area (Å²) in [7, 11) is 0. The highest BCUT2D eigenvalue weighted by atomic mass is 35.5. The number of halogens is 2. The number of amides is 1. The molecule has 1 amide bonds. The molecule has 0 spiro atoms. The fourth-order valence-electron chi connectivity index (χ4n) is 2.71. The summed E-state index contributed by atoms with van der Waals surface area (Å²) in [5, 5.41) is 4.32. The highest BCUT2D eigenvalue weighted by molar-refractivity contribution is 6.34. The van der Waals surface area contributed by atoms with Crippen LogP contribution in [-0.4, -0.2) is 43.1 Å². The summed E-state index contributed by atoms with van der Waals surface area (Å²) < 4.78 is 5.57. The molecule has 1 saturated heterocycles. The van der Waals surface area contributed by atoms with E-state index in [1.54, 1.807) is 18.2 Å². The summed E-state index contributed by atoms with van der Waals surface area (Å²) >= 11 is 11.9. The largest absolute Gasteiger partial charge is 0.484 e. The maximum absolute atomic E-state index is 12.5. The van der Waals surface area contributed by atoms with Crippen LogP contribution in [0.5, 0.6) is 5.75 Å². The van der Waals surface area contributed by atoms with Crippen molar-refractivity contribution in [2.24, 2.45) is 0 Å². The lowest BCUT2D eigenvalue weighted by Crippen LogP contribution is -2.48. The van der Waals surface area contributed by atoms with Gasteiger partial charge in [0.15, 0.2) is 6.61 Å². The molecule has 1 N–H and O–H groups in total. The first-order valence-corrected chi connectivity index (χ1v) is 8.45. The van der Waals surface area contributed by atoms with Crippen molar-refractivity contribution in [2.45, 2.75) is 32.2 Å². The van der Waals surface area contributed by atoms with E-state index in [0.717, 1.165) is 38.9 Å². The highest BCUT2D eigenvalue weighted by Crippen LogP contribution is 2.24. The molecule has 2 rings (SSSR count). The summed E-state index contributed by atoms with van der Waals surface area (Å²) in [5.74, 6) is 0.539. The number of nitrogens with zero attached hydrogens (tertiary/aromatic N) is 1. The second-order valence-corrected chi connectivity index (χ2v) is 6.34. The number of hydrogen-bond donors (Lipinski definition) is 1. The number of hydrogen-bond acceptors (Lipinski definition) is 3. The molecular weight excluding hydrogens is 323 g/mol. The van der Waals surface area contributed by atoms with Crippen molar-refractivity contribution in [1.82, 2.24) is 10.2 Å². The molecule has 0 aliphatic carbocycles. The molecule has 22 heavy (non-hydrogen) atoms. The fourth-order valence-corrected chi connectivity index (χ4v) is 3.22. The van der Waals surface area contributed by atoms with Crippen molar-refractivity contribution in [1.29, 1.82) is 0 Å². The smallest absolute Gasteiger partial charge is 0.260 e. The van der Waals surface area contributed by atoms with Gasteiger partial charge in [-0.25, -0.2) is 0 Å². The minimum atomic E-state index is 0.0145. The van der Waals surface area contributed by atoms with E-state index in [4.69, 9.17) is 27.9 Å². The van der Waals surface area contributed by atoms with Gasteiger partial charge >= 0.3 is 0 Å². The van der Waals surface area contributed by atoms with E-state index in [2.05, 4.69) is 12.2 Å². The average Bonchev–Trinajstić information content (AvgIpc) is 2.50. The minimum absolute atomic E-state index is 0.0145. The van der Waals surface area contributed by atoms with E-state index in [0.29, 0.717) is 21.8 Å². The monoisotopic (exact) mass is 344 g/mol. The third-order valence-corrected chi connectivity index (χ3v) is 4.17. The molecule has 0 bridgehead atoms. The normalized spacial score (nSPS) is 15.6. The lowest BCUT2D eigenvalue weighted by molar-refractivity contribution is -0.136. The van der Waals surface area contributed by atoms with Gasteiger partial charge in [-0.1, -0.05) is 30.1 Å². The molecule has 0 unspecified atom stereocenters. The summed E-state index contributed by atoms with van der Waals surface area (Å²) in [4.78, 5) is 14.4. The molecule has 1 aromatic rings. The van der Waals surface area contributed by atoms with E-state index in [1.165, 1.54) is 0 Å². The zero-order valence-electron chi connectivity index (χ0n) is 12.8. The Balaban J connectivity index is 1.95. The number of benzene rings is 1. The Kier molecular flexibility index (Phi) is 6.80. The van der Waals surface area contributed by atoms with Crippen LogP contribution in [0.4, 0.5) is 0 Å². The molecular formula is C16H22Cl2N2O2. The van der Waals surface area contributed by atoms with Gasteiger partial charge in [0, 0.05) is 22.6 Å². The number of nitrogens with one attached hydrogen (secondary N) is 1. The van der Waals surface area contributed by atoms with Gasteiger partial charge in [0.25, 0.3) is 5.91 Å². The van der Waals surface area contributed by atoms with E-state index in [1.807, 2.05) is 4.90 Å². The first kappa shape index (κ1) is 17.4. The third-order valence-electron chi connectivity index (χ3n) is 3.73. The number of rotatable bonds is 6. The Morgan fingerprint density at radius 1 is 1.27 bits per heavy atom. The topological polar surface area (TPSA) is 41.6 Å². The zero-order valence-corrected chi connectivity index (χ0v) is 14.3. The predicted molar refractivity (Wildman–Crippen MR) is 89.9 cm³/mol. The molecule has 0 saturated carbocycles. The van der Waals surface area contributed by atoms with Crippen LogP contribution in [0.3, 0.4) is 0 Å². The minimum Gasteiger partial charge on any atom is -0.484 e. The van der Waals surface area contributed by atoms with Crippen LogP contribution in [0.2, 0.25) is 10.0 Å². The van der Waals surface area contributed by atoms with Crippen molar-refractivity contribution in [2.75, 3.05) is 26.2 Å². The average molecular weight is 345 g/mol. The van der Waals surface area contributed by atoms with Crippen molar-refractivity contribution in [3.63, 3.8) is 0 Å². The SMILES string of the molecule is CCCN(C(=O)COc1cc(Cl)cc(Cl)c1)C1CCNCC1. The van der Waals surface area contributed by atoms with E-state index >= 15 is 0 Å². The molecule has 122 valence electrons. The molecule has 6 heteroatoms. The van der Waals surface area contributed by atoms with E-state index in [-0.39, 0.29) is 12.5 Å². The van der Waals surface area contributed by atoms with Crippen LogP contribution in [0.25, 0.3) is 0 Å². The van der Waals surface area contributed by atoms with Crippen LogP contribution in [-0.2, 0) is 4.79 Å². The molecule has 1 aliphatic heterocycles. The van der Waals surface area contributed by atoms with Gasteiger partial charge in [0.05, 0.1) is 0 Å². The van der Waals surface area contributed by atoms with Crippen molar-refractivity contribution in [3.8, 4) is 5.75 Å². The first-order chi connectivity index (χ1) is 10.6. The van der Waals surface area contributed by atoms with Gasteiger partial charge in [-0.15, -0.1) is 0 Å². The standard InChI is InChI=1S/C16H22Cl2N2O2/c1-2-7-20(14-3-5-19-6-4-14)16(21)11-22-15-9-12(17)8-13(18)10-15/h8-10,14,19H,2-7,11H2,1H3. The molecule has 0 radical (unpaired) electrons. The second-order valence-electron chi connectivity index (χ2n) is 5.46. The Morgan fingerprint density at radius 3 is 2.50 bits per heavy atom. The molecule has 4 nitrogen and oxygen atoms in total. The number of carbonyl (C=O) groups is 1. The summed E-state index contributed by atoms with van der Waals surface area (Å²) in [6, 6.07) is 5.27. The summed E-state index contributed by atoms with van der Waals surface area (Å²) in [6.07, 6.45) is 2.93. The lowest BCUT2D eigenvalue weighted by atomic mass is 10.0. The summed E-state index contributed by atoms with van der Waals surface area (Å²) in [5.41, 5.74) is 0.